The highest BCUT2D eigenvalue weighted by atomic mass is 32.2. The van der Waals surface area contributed by atoms with E-state index in [9.17, 15) is 22.8 Å². The number of benzene rings is 2. The van der Waals surface area contributed by atoms with Gasteiger partial charge in [-0.15, -0.1) is 0 Å². The highest BCUT2D eigenvalue weighted by Crippen LogP contribution is 2.16. The fraction of sp³-hybridized carbons (Fsp3) is 0.400. The third-order valence-electron chi connectivity index (χ3n) is 5.00. The number of nitrogens with zero attached hydrogens (tertiary/aromatic N) is 2. The number of hydrogen-bond acceptors (Lipinski definition) is 7. The Balaban J connectivity index is 2.11. The summed E-state index contributed by atoms with van der Waals surface area (Å²) in [5.41, 5.74) is 1.58. The first-order chi connectivity index (χ1) is 16.8. The van der Waals surface area contributed by atoms with E-state index in [-0.39, 0.29) is 11.3 Å². The summed E-state index contributed by atoms with van der Waals surface area (Å²) in [6.45, 7) is 4.73. The minimum atomic E-state index is -3.89. The zero-order valence-corrected chi connectivity index (χ0v) is 22.2. The molecule has 0 saturated carbocycles. The van der Waals surface area contributed by atoms with E-state index in [0.29, 0.717) is 11.3 Å². The topological polar surface area (TPSA) is 122 Å². The van der Waals surface area contributed by atoms with Gasteiger partial charge in [0.25, 0.3) is 0 Å². The molecule has 0 radical (unpaired) electrons. The zero-order valence-electron chi connectivity index (χ0n) is 21.3. The van der Waals surface area contributed by atoms with Crippen molar-refractivity contribution < 1.29 is 32.3 Å². The third kappa shape index (κ3) is 8.35. The summed E-state index contributed by atoms with van der Waals surface area (Å²) in [6.07, 6.45) is -0.847. The normalized spacial score (nSPS) is 12.2. The molecule has 196 valence electrons. The average molecular weight is 520 g/mol. The minimum absolute atomic E-state index is 0.0641. The van der Waals surface area contributed by atoms with Gasteiger partial charge in [-0.2, -0.15) is 4.31 Å². The summed E-state index contributed by atoms with van der Waals surface area (Å²) in [7, 11) is 0.528. The maximum atomic E-state index is 12.8. The summed E-state index contributed by atoms with van der Waals surface area (Å²) in [5.74, 6) is -0.980. The number of esters is 1. The Hall–Kier alpha value is -3.44. The largest absolute Gasteiger partial charge is 0.461 e. The van der Waals surface area contributed by atoms with Crippen molar-refractivity contribution in [2.24, 2.45) is 0 Å². The zero-order chi connectivity index (χ0) is 27.0. The maximum absolute atomic E-state index is 12.8. The molecule has 0 aromatic heterocycles. The molecule has 0 heterocycles. The summed E-state index contributed by atoms with van der Waals surface area (Å²) < 4.78 is 37.0. The summed E-state index contributed by atoms with van der Waals surface area (Å²) >= 11 is 0. The SMILES string of the molecule is Cc1ccc(S(=O)(=O)N(C)CC(=O)N[C@@H](Cc2ccc(OC(=O)N(C)C)cc2)C(=O)OC(C)C)cc1. The molecule has 36 heavy (non-hydrogen) atoms. The molecule has 1 N–H and O–H groups in total. The van der Waals surface area contributed by atoms with Gasteiger partial charge >= 0.3 is 12.1 Å². The summed E-state index contributed by atoms with van der Waals surface area (Å²) in [6, 6.07) is 11.7. The fourth-order valence-electron chi connectivity index (χ4n) is 3.05. The van der Waals surface area contributed by atoms with Crippen molar-refractivity contribution in [3.63, 3.8) is 0 Å². The number of sulfonamides is 1. The maximum Gasteiger partial charge on any atom is 0.414 e. The van der Waals surface area contributed by atoms with Crippen LogP contribution in [0.1, 0.15) is 25.0 Å². The van der Waals surface area contributed by atoms with Crippen LogP contribution in [0.2, 0.25) is 0 Å². The lowest BCUT2D eigenvalue weighted by molar-refractivity contribution is -0.151. The van der Waals surface area contributed by atoms with Crippen LogP contribution in [0.3, 0.4) is 0 Å². The average Bonchev–Trinajstić information content (AvgIpc) is 2.79. The number of nitrogens with one attached hydrogen (secondary N) is 1. The molecule has 0 spiro atoms. The van der Waals surface area contributed by atoms with Crippen molar-refractivity contribution >= 4 is 28.0 Å². The second-order valence-corrected chi connectivity index (χ2v) is 10.8. The van der Waals surface area contributed by atoms with Gasteiger partial charge in [0.15, 0.2) is 0 Å². The number of hydrogen-bond donors (Lipinski definition) is 1. The number of rotatable bonds is 10. The quantitative estimate of drug-likeness (QED) is 0.478. The van der Waals surface area contributed by atoms with Crippen molar-refractivity contribution in [3.8, 4) is 5.75 Å². The lowest BCUT2D eigenvalue weighted by atomic mass is 10.1. The Bertz CT molecular complexity index is 1160. The molecule has 2 aromatic carbocycles. The molecule has 11 heteroatoms. The van der Waals surface area contributed by atoms with Crippen molar-refractivity contribution in [2.75, 3.05) is 27.7 Å². The van der Waals surface area contributed by atoms with E-state index in [1.807, 2.05) is 6.92 Å². The van der Waals surface area contributed by atoms with Crippen LogP contribution < -0.4 is 10.1 Å². The molecule has 0 aliphatic heterocycles. The van der Waals surface area contributed by atoms with Gasteiger partial charge in [0, 0.05) is 27.6 Å². The molecule has 0 unspecified atom stereocenters. The number of likely N-dealkylation sites (N-methyl/N-ethyl adjacent to an activating group) is 1. The highest BCUT2D eigenvalue weighted by molar-refractivity contribution is 7.89. The Morgan fingerprint density at radius 3 is 2.06 bits per heavy atom. The van der Waals surface area contributed by atoms with Crippen LogP contribution in [0.5, 0.6) is 5.75 Å². The van der Waals surface area contributed by atoms with E-state index in [1.165, 1.54) is 24.1 Å². The molecule has 0 aliphatic rings. The molecule has 0 fully saturated rings. The van der Waals surface area contributed by atoms with Gasteiger partial charge in [-0.1, -0.05) is 29.8 Å². The summed E-state index contributed by atoms with van der Waals surface area (Å²) in [5, 5.41) is 2.58. The minimum Gasteiger partial charge on any atom is -0.461 e. The smallest absolute Gasteiger partial charge is 0.414 e. The molecule has 0 aliphatic carbocycles. The molecule has 0 bridgehead atoms. The molecular formula is C25H33N3O7S. The van der Waals surface area contributed by atoms with E-state index in [0.717, 1.165) is 9.87 Å². The van der Waals surface area contributed by atoms with Gasteiger partial charge in [0.1, 0.15) is 11.8 Å². The van der Waals surface area contributed by atoms with Crippen LogP contribution >= 0.6 is 0 Å². The molecule has 2 rings (SSSR count). The predicted octanol–water partition coefficient (Wildman–Crippen LogP) is 2.36. The van der Waals surface area contributed by atoms with Crippen LogP contribution in [0.4, 0.5) is 4.79 Å². The van der Waals surface area contributed by atoms with E-state index >= 15 is 0 Å². The molecular weight excluding hydrogens is 486 g/mol. The lowest BCUT2D eigenvalue weighted by Crippen LogP contribution is -2.48. The Labute approximate surface area is 212 Å². The lowest BCUT2D eigenvalue weighted by Gasteiger charge is -2.22. The van der Waals surface area contributed by atoms with Crippen molar-refractivity contribution in [1.29, 1.82) is 0 Å². The van der Waals surface area contributed by atoms with Gasteiger partial charge in [-0.3, -0.25) is 4.79 Å². The monoisotopic (exact) mass is 519 g/mol. The Kier molecular flexibility index (Phi) is 10.00. The van der Waals surface area contributed by atoms with E-state index in [1.54, 1.807) is 64.3 Å². The highest BCUT2D eigenvalue weighted by Gasteiger charge is 2.27. The Morgan fingerprint density at radius 1 is 0.944 bits per heavy atom. The second kappa shape index (κ2) is 12.5. The van der Waals surface area contributed by atoms with Crippen LogP contribution in [-0.2, 0) is 30.8 Å². The standard InChI is InChI=1S/C25H33N3O7S/c1-17(2)34-24(30)22(15-19-9-11-20(12-10-19)35-25(31)27(4)5)26-23(29)16-28(6)36(32,33)21-13-7-18(3)8-14-21/h7-14,17,22H,15-16H2,1-6H3,(H,26,29)/t22-/m0/s1. The second-order valence-electron chi connectivity index (χ2n) is 8.79. The van der Waals surface area contributed by atoms with Crippen LogP contribution in [-0.4, -0.2) is 75.4 Å². The fourth-order valence-corrected chi connectivity index (χ4v) is 4.17. The van der Waals surface area contributed by atoms with Crippen LogP contribution in [0.25, 0.3) is 0 Å². The predicted molar refractivity (Wildman–Crippen MR) is 134 cm³/mol. The summed E-state index contributed by atoms with van der Waals surface area (Å²) in [4.78, 5) is 38.5. The first-order valence-electron chi connectivity index (χ1n) is 11.3. The van der Waals surface area contributed by atoms with Crippen LogP contribution in [0, 0.1) is 6.92 Å². The molecule has 2 amide bonds. The van der Waals surface area contributed by atoms with Gasteiger partial charge in [-0.25, -0.2) is 18.0 Å². The number of aryl methyl sites for hydroxylation is 1. The van der Waals surface area contributed by atoms with Gasteiger partial charge < -0.3 is 19.7 Å². The Morgan fingerprint density at radius 2 is 1.53 bits per heavy atom. The van der Waals surface area contributed by atoms with Crippen molar-refractivity contribution in [1.82, 2.24) is 14.5 Å². The van der Waals surface area contributed by atoms with Crippen LogP contribution in [0.15, 0.2) is 53.4 Å². The van der Waals surface area contributed by atoms with E-state index in [2.05, 4.69) is 5.32 Å². The van der Waals surface area contributed by atoms with Gasteiger partial charge in [0.2, 0.25) is 15.9 Å². The van der Waals surface area contributed by atoms with Crippen molar-refractivity contribution in [2.45, 2.75) is 44.2 Å². The molecule has 0 saturated heterocycles. The number of amides is 2. The van der Waals surface area contributed by atoms with Gasteiger partial charge in [0.05, 0.1) is 17.5 Å². The number of ether oxygens (including phenoxy) is 2. The number of carbonyl (C=O) groups excluding carboxylic acids is 3. The molecule has 2 aromatic rings. The third-order valence-corrected chi connectivity index (χ3v) is 6.82. The van der Waals surface area contributed by atoms with E-state index in [4.69, 9.17) is 9.47 Å². The first-order valence-corrected chi connectivity index (χ1v) is 12.7. The van der Waals surface area contributed by atoms with Crippen molar-refractivity contribution in [3.05, 3.63) is 59.7 Å². The van der Waals surface area contributed by atoms with E-state index < -0.39 is 46.7 Å². The number of carbonyl (C=O) groups is 3. The molecule has 1 atom stereocenters. The molecule has 10 nitrogen and oxygen atoms in total. The van der Waals surface area contributed by atoms with Gasteiger partial charge in [-0.05, 0) is 50.6 Å². The first kappa shape index (κ1) is 28.8.